The highest BCUT2D eigenvalue weighted by Crippen LogP contribution is 2.26. The number of benzene rings is 2. The maximum Gasteiger partial charge on any atom is 0.408 e. The van der Waals surface area contributed by atoms with Crippen LogP contribution in [-0.2, 0) is 41.8 Å². The molecular formula is C31H41N3O7. The van der Waals surface area contributed by atoms with E-state index in [1.165, 1.54) is 12.0 Å². The fourth-order valence-electron chi connectivity index (χ4n) is 4.71. The Hall–Kier alpha value is -3.92. The Balaban J connectivity index is 1.65. The summed E-state index contributed by atoms with van der Waals surface area (Å²) in [6, 6.07) is 17.0. The fraction of sp³-hybridized carbons (Fsp3) is 0.484. The monoisotopic (exact) mass is 567 g/mol. The number of hydrogen-bond donors (Lipinski definition) is 2. The number of nitrogens with zero attached hydrogens (tertiary/aromatic N) is 1. The van der Waals surface area contributed by atoms with Gasteiger partial charge in [0.05, 0.1) is 19.8 Å². The molecule has 3 amide bonds. The number of carbonyl (C=O) groups excluding carboxylic acids is 4. The van der Waals surface area contributed by atoms with E-state index in [0.29, 0.717) is 13.0 Å². The van der Waals surface area contributed by atoms with Crippen LogP contribution in [0.25, 0.3) is 0 Å². The molecule has 1 fully saturated rings. The second kappa shape index (κ2) is 14.6. The number of amides is 3. The lowest BCUT2D eigenvalue weighted by Gasteiger charge is -2.34. The first-order valence-corrected chi connectivity index (χ1v) is 13.8. The second-order valence-electron chi connectivity index (χ2n) is 11.2. The standard InChI is InChI=1S/C31H41N3O7/c1-21(2)16-25(32-30(38)41-20-23-14-10-7-11-15-23)27(35)33-31(3,4)29(37)34-18-24(17-26(34)28(36)39-5)40-19-22-12-8-6-9-13-22/h6-15,21,24-26H,16-20H2,1-5H3,(H,32,38)(H,33,35)/t24-,25+,26+/m1/s1. The van der Waals surface area contributed by atoms with E-state index in [4.69, 9.17) is 14.2 Å². The first-order valence-electron chi connectivity index (χ1n) is 13.8. The van der Waals surface area contributed by atoms with Crippen molar-refractivity contribution in [3.63, 3.8) is 0 Å². The molecule has 2 N–H and O–H groups in total. The molecule has 1 aliphatic rings. The topological polar surface area (TPSA) is 123 Å². The van der Waals surface area contributed by atoms with E-state index in [2.05, 4.69) is 10.6 Å². The molecule has 2 aromatic rings. The molecule has 10 nitrogen and oxygen atoms in total. The van der Waals surface area contributed by atoms with E-state index < -0.39 is 41.5 Å². The summed E-state index contributed by atoms with van der Waals surface area (Å²) in [6.45, 7) is 7.56. The lowest BCUT2D eigenvalue weighted by Crippen LogP contribution is -2.61. The Morgan fingerprint density at radius 1 is 0.951 bits per heavy atom. The molecule has 0 radical (unpaired) electrons. The van der Waals surface area contributed by atoms with Gasteiger partial charge in [-0.25, -0.2) is 9.59 Å². The number of nitrogens with one attached hydrogen (secondary N) is 2. The Kier molecular flexibility index (Phi) is 11.3. The van der Waals surface area contributed by atoms with Crippen molar-refractivity contribution in [2.24, 2.45) is 5.92 Å². The predicted octanol–water partition coefficient (Wildman–Crippen LogP) is 3.58. The van der Waals surface area contributed by atoms with Gasteiger partial charge in [-0.2, -0.15) is 0 Å². The van der Waals surface area contributed by atoms with Gasteiger partial charge in [0, 0.05) is 13.0 Å². The minimum atomic E-state index is -1.39. The first-order chi connectivity index (χ1) is 19.5. The quantitative estimate of drug-likeness (QED) is 0.376. The average Bonchev–Trinajstić information content (AvgIpc) is 3.38. The fourth-order valence-corrected chi connectivity index (χ4v) is 4.71. The van der Waals surface area contributed by atoms with Crippen LogP contribution in [0.3, 0.4) is 0 Å². The minimum absolute atomic E-state index is 0.0596. The zero-order valence-corrected chi connectivity index (χ0v) is 24.4. The van der Waals surface area contributed by atoms with Crippen molar-refractivity contribution in [2.75, 3.05) is 13.7 Å². The Morgan fingerprint density at radius 3 is 2.10 bits per heavy atom. The first kappa shape index (κ1) is 31.6. The third-order valence-corrected chi connectivity index (χ3v) is 6.82. The van der Waals surface area contributed by atoms with Gasteiger partial charge in [0.25, 0.3) is 0 Å². The Morgan fingerprint density at radius 2 is 1.54 bits per heavy atom. The molecule has 0 aromatic heterocycles. The smallest absolute Gasteiger partial charge is 0.408 e. The van der Waals surface area contributed by atoms with Gasteiger partial charge in [-0.1, -0.05) is 74.5 Å². The molecule has 1 heterocycles. The van der Waals surface area contributed by atoms with Crippen LogP contribution in [0.15, 0.2) is 60.7 Å². The summed E-state index contributed by atoms with van der Waals surface area (Å²) >= 11 is 0. The van der Waals surface area contributed by atoms with Crippen LogP contribution >= 0.6 is 0 Å². The summed E-state index contributed by atoms with van der Waals surface area (Å²) in [5, 5.41) is 5.41. The van der Waals surface area contributed by atoms with Crippen molar-refractivity contribution in [2.45, 2.75) is 77.5 Å². The van der Waals surface area contributed by atoms with Gasteiger partial charge in [0.15, 0.2) is 0 Å². The van der Waals surface area contributed by atoms with Crippen LogP contribution in [0, 0.1) is 5.92 Å². The molecule has 0 spiro atoms. The largest absolute Gasteiger partial charge is 0.467 e. The van der Waals surface area contributed by atoms with Crippen LogP contribution < -0.4 is 10.6 Å². The van der Waals surface area contributed by atoms with Crippen LogP contribution in [0.5, 0.6) is 0 Å². The molecule has 0 unspecified atom stereocenters. The van der Waals surface area contributed by atoms with Gasteiger partial charge in [-0.05, 0) is 37.3 Å². The Bertz CT molecular complexity index is 1170. The molecule has 0 aliphatic carbocycles. The van der Waals surface area contributed by atoms with Crippen LogP contribution in [-0.4, -0.2) is 66.2 Å². The zero-order valence-electron chi connectivity index (χ0n) is 24.4. The SMILES string of the molecule is COC(=O)[C@@H]1C[C@@H](OCc2ccccc2)CN1C(=O)C(C)(C)NC(=O)[C@H](CC(C)C)NC(=O)OCc1ccccc1. The van der Waals surface area contributed by atoms with Crippen LogP contribution in [0.4, 0.5) is 4.79 Å². The molecular weight excluding hydrogens is 526 g/mol. The number of esters is 1. The van der Waals surface area contributed by atoms with Crippen molar-refractivity contribution < 1.29 is 33.4 Å². The number of methoxy groups -OCH3 is 1. The maximum atomic E-state index is 13.7. The van der Waals surface area contributed by atoms with E-state index in [-0.39, 0.29) is 31.6 Å². The molecule has 1 aliphatic heterocycles. The molecule has 10 heteroatoms. The summed E-state index contributed by atoms with van der Waals surface area (Å²) < 4.78 is 16.3. The van der Waals surface area contributed by atoms with Gasteiger partial charge < -0.3 is 29.7 Å². The lowest BCUT2D eigenvalue weighted by atomic mass is 9.99. The van der Waals surface area contributed by atoms with Gasteiger partial charge in [-0.3, -0.25) is 9.59 Å². The average molecular weight is 568 g/mol. The van der Waals surface area contributed by atoms with Gasteiger partial charge in [0.2, 0.25) is 11.8 Å². The molecule has 0 saturated carbocycles. The van der Waals surface area contributed by atoms with Gasteiger partial charge in [0.1, 0.15) is 24.2 Å². The molecule has 41 heavy (non-hydrogen) atoms. The maximum absolute atomic E-state index is 13.7. The van der Waals surface area contributed by atoms with Crippen molar-refractivity contribution in [1.82, 2.24) is 15.5 Å². The molecule has 3 atom stereocenters. The number of ether oxygens (including phenoxy) is 3. The normalized spacial score (nSPS) is 17.6. The highest BCUT2D eigenvalue weighted by molar-refractivity contribution is 5.95. The Labute approximate surface area is 241 Å². The minimum Gasteiger partial charge on any atom is -0.467 e. The second-order valence-corrected chi connectivity index (χ2v) is 11.2. The van der Waals surface area contributed by atoms with Crippen molar-refractivity contribution in [3.05, 3.63) is 71.8 Å². The van der Waals surface area contributed by atoms with Gasteiger partial charge in [-0.15, -0.1) is 0 Å². The van der Waals surface area contributed by atoms with E-state index >= 15 is 0 Å². The number of rotatable bonds is 12. The summed E-state index contributed by atoms with van der Waals surface area (Å²) in [6.07, 6.45) is -0.507. The summed E-state index contributed by atoms with van der Waals surface area (Å²) in [7, 11) is 1.27. The van der Waals surface area contributed by atoms with E-state index in [1.807, 2.05) is 74.5 Å². The summed E-state index contributed by atoms with van der Waals surface area (Å²) in [4.78, 5) is 53.6. The third-order valence-electron chi connectivity index (χ3n) is 6.82. The number of carbonyl (C=O) groups is 4. The highest BCUT2D eigenvalue weighted by Gasteiger charge is 2.46. The number of alkyl carbamates (subject to hydrolysis) is 1. The molecule has 3 rings (SSSR count). The van der Waals surface area contributed by atoms with Crippen molar-refractivity contribution >= 4 is 23.9 Å². The molecule has 1 saturated heterocycles. The predicted molar refractivity (Wildman–Crippen MR) is 152 cm³/mol. The zero-order chi connectivity index (χ0) is 30.0. The number of likely N-dealkylation sites (tertiary alicyclic amines) is 1. The molecule has 222 valence electrons. The molecule has 2 aromatic carbocycles. The van der Waals surface area contributed by atoms with Crippen molar-refractivity contribution in [1.29, 1.82) is 0 Å². The lowest BCUT2D eigenvalue weighted by molar-refractivity contribution is -0.153. The van der Waals surface area contributed by atoms with E-state index in [9.17, 15) is 19.2 Å². The third kappa shape index (κ3) is 9.31. The van der Waals surface area contributed by atoms with E-state index in [0.717, 1.165) is 11.1 Å². The summed E-state index contributed by atoms with van der Waals surface area (Å²) in [5.74, 6) is -1.46. The molecule has 0 bridgehead atoms. The number of hydrogen-bond acceptors (Lipinski definition) is 7. The highest BCUT2D eigenvalue weighted by atomic mass is 16.5. The van der Waals surface area contributed by atoms with Crippen LogP contribution in [0.1, 0.15) is 51.7 Å². The van der Waals surface area contributed by atoms with Crippen LogP contribution in [0.2, 0.25) is 0 Å². The summed E-state index contributed by atoms with van der Waals surface area (Å²) in [5.41, 5.74) is 0.407. The van der Waals surface area contributed by atoms with Crippen molar-refractivity contribution in [3.8, 4) is 0 Å². The van der Waals surface area contributed by atoms with Gasteiger partial charge >= 0.3 is 12.1 Å². The van der Waals surface area contributed by atoms with E-state index in [1.54, 1.807) is 13.8 Å².